The first-order chi connectivity index (χ1) is 10.3. The normalized spacial score (nSPS) is 16.1. The van der Waals surface area contributed by atoms with Crippen molar-refractivity contribution in [2.75, 3.05) is 46.0 Å². The summed E-state index contributed by atoms with van der Waals surface area (Å²) in [5.41, 5.74) is 1.27. The molecule has 2 rings (SSSR count). The van der Waals surface area contributed by atoms with Crippen molar-refractivity contribution in [1.82, 2.24) is 10.2 Å². The molecule has 1 saturated heterocycles. The van der Waals surface area contributed by atoms with Crippen molar-refractivity contribution in [3.63, 3.8) is 0 Å². The Morgan fingerprint density at radius 3 is 2.86 bits per heavy atom. The third-order valence-electron chi connectivity index (χ3n) is 3.52. The fourth-order valence-electron chi connectivity index (χ4n) is 2.29. The van der Waals surface area contributed by atoms with Crippen LogP contribution in [0.25, 0.3) is 0 Å². The second-order valence-electron chi connectivity index (χ2n) is 5.24. The third-order valence-corrected chi connectivity index (χ3v) is 4.14. The van der Waals surface area contributed by atoms with Crippen LogP contribution in [0.4, 0.5) is 0 Å². The topological polar surface area (TPSA) is 33.7 Å². The Labute approximate surface area is 135 Å². The Kier molecular flexibility index (Phi) is 7.50. The van der Waals surface area contributed by atoms with E-state index in [1.54, 1.807) is 0 Å². The van der Waals surface area contributed by atoms with E-state index < -0.39 is 0 Å². The highest BCUT2D eigenvalue weighted by atomic mass is 79.9. The average Bonchev–Trinajstić information content (AvgIpc) is 2.51. The fourth-order valence-corrected chi connectivity index (χ4v) is 2.83. The summed E-state index contributed by atoms with van der Waals surface area (Å²) in [5.74, 6) is 0.919. The zero-order valence-corrected chi connectivity index (χ0v) is 14.3. The van der Waals surface area contributed by atoms with Gasteiger partial charge in [0.2, 0.25) is 0 Å². The molecule has 118 valence electrons. The molecule has 0 radical (unpaired) electrons. The zero-order valence-electron chi connectivity index (χ0n) is 12.7. The Hall–Kier alpha value is -0.620. The van der Waals surface area contributed by atoms with E-state index in [9.17, 15) is 0 Å². The van der Waals surface area contributed by atoms with Crippen LogP contribution in [0.3, 0.4) is 0 Å². The summed E-state index contributed by atoms with van der Waals surface area (Å²) in [5, 5.41) is 3.40. The first-order valence-corrected chi connectivity index (χ1v) is 8.51. The highest BCUT2D eigenvalue weighted by molar-refractivity contribution is 9.10. The number of rotatable bonds is 8. The molecule has 21 heavy (non-hydrogen) atoms. The van der Waals surface area contributed by atoms with Crippen LogP contribution in [0.15, 0.2) is 22.7 Å². The molecule has 1 fully saturated rings. The first-order valence-electron chi connectivity index (χ1n) is 7.71. The van der Waals surface area contributed by atoms with Crippen molar-refractivity contribution in [2.45, 2.75) is 19.9 Å². The Morgan fingerprint density at radius 2 is 2.14 bits per heavy atom. The molecular formula is C16H25BrN2O2. The van der Waals surface area contributed by atoms with Gasteiger partial charge >= 0.3 is 0 Å². The van der Waals surface area contributed by atoms with E-state index in [1.807, 2.05) is 6.07 Å². The molecule has 0 amide bonds. The minimum atomic E-state index is 0.714. The van der Waals surface area contributed by atoms with Crippen molar-refractivity contribution < 1.29 is 9.47 Å². The monoisotopic (exact) mass is 356 g/mol. The molecule has 0 atom stereocenters. The van der Waals surface area contributed by atoms with E-state index in [2.05, 4.69) is 45.2 Å². The predicted octanol–water partition coefficient (Wildman–Crippen LogP) is 2.66. The van der Waals surface area contributed by atoms with Crippen molar-refractivity contribution in [2.24, 2.45) is 0 Å². The summed E-state index contributed by atoms with van der Waals surface area (Å²) in [4.78, 5) is 2.38. The zero-order chi connectivity index (χ0) is 14.9. The van der Waals surface area contributed by atoms with Crippen LogP contribution in [0.1, 0.15) is 18.9 Å². The molecule has 1 aromatic rings. The number of ether oxygens (including phenoxy) is 2. The molecule has 0 saturated carbocycles. The summed E-state index contributed by atoms with van der Waals surface area (Å²) in [7, 11) is 0. The first kappa shape index (κ1) is 16.7. The third kappa shape index (κ3) is 5.94. The van der Waals surface area contributed by atoms with Gasteiger partial charge in [-0.15, -0.1) is 0 Å². The van der Waals surface area contributed by atoms with Crippen LogP contribution in [0.2, 0.25) is 0 Å². The van der Waals surface area contributed by atoms with Crippen LogP contribution in [-0.2, 0) is 11.3 Å². The Balaban J connectivity index is 1.74. The van der Waals surface area contributed by atoms with E-state index in [0.717, 1.165) is 62.6 Å². The van der Waals surface area contributed by atoms with Gasteiger partial charge in [0.05, 0.1) is 17.7 Å². The van der Waals surface area contributed by atoms with Crippen LogP contribution < -0.4 is 10.1 Å². The second kappa shape index (κ2) is 9.41. The molecule has 0 aliphatic carbocycles. The number of morpholine rings is 1. The molecular weight excluding hydrogens is 332 g/mol. The van der Waals surface area contributed by atoms with Gasteiger partial charge < -0.3 is 14.8 Å². The summed E-state index contributed by atoms with van der Waals surface area (Å²) in [6.07, 6.45) is 1.16. The molecule has 0 aromatic heterocycles. The van der Waals surface area contributed by atoms with Gasteiger partial charge in [0, 0.05) is 26.2 Å². The van der Waals surface area contributed by atoms with Gasteiger partial charge in [0.1, 0.15) is 12.4 Å². The molecule has 4 nitrogen and oxygen atoms in total. The van der Waals surface area contributed by atoms with Gasteiger partial charge in [-0.2, -0.15) is 0 Å². The number of benzene rings is 1. The lowest BCUT2D eigenvalue weighted by Gasteiger charge is -2.26. The van der Waals surface area contributed by atoms with E-state index in [0.29, 0.717) is 6.61 Å². The smallest absolute Gasteiger partial charge is 0.133 e. The Bertz CT molecular complexity index is 423. The minimum Gasteiger partial charge on any atom is -0.491 e. The van der Waals surface area contributed by atoms with Gasteiger partial charge in [-0.05, 0) is 46.6 Å². The highest BCUT2D eigenvalue weighted by Gasteiger charge is 2.10. The highest BCUT2D eigenvalue weighted by Crippen LogP contribution is 2.26. The number of nitrogens with one attached hydrogen (secondary N) is 1. The van der Waals surface area contributed by atoms with E-state index >= 15 is 0 Å². The molecule has 1 aliphatic rings. The van der Waals surface area contributed by atoms with Crippen LogP contribution in [0, 0.1) is 0 Å². The van der Waals surface area contributed by atoms with Crippen molar-refractivity contribution in [1.29, 1.82) is 0 Å². The maximum atomic E-state index is 5.87. The molecule has 1 aromatic carbocycles. The maximum Gasteiger partial charge on any atom is 0.133 e. The number of nitrogens with zero attached hydrogens (tertiary/aromatic N) is 1. The van der Waals surface area contributed by atoms with Gasteiger partial charge in [0.15, 0.2) is 0 Å². The van der Waals surface area contributed by atoms with E-state index in [1.165, 1.54) is 5.56 Å². The number of hydrogen-bond acceptors (Lipinski definition) is 4. The van der Waals surface area contributed by atoms with Gasteiger partial charge in [-0.1, -0.05) is 13.0 Å². The standard InChI is InChI=1S/C16H25BrN2O2/c1-2-5-18-13-14-3-4-16(15(17)12-14)21-11-8-19-6-9-20-10-7-19/h3-4,12,18H,2,5-11,13H2,1H3. The lowest BCUT2D eigenvalue weighted by atomic mass is 10.2. The fraction of sp³-hybridized carbons (Fsp3) is 0.625. The van der Waals surface area contributed by atoms with Crippen molar-refractivity contribution in [3.05, 3.63) is 28.2 Å². The molecule has 1 N–H and O–H groups in total. The minimum absolute atomic E-state index is 0.714. The lowest BCUT2D eigenvalue weighted by molar-refractivity contribution is 0.0322. The average molecular weight is 357 g/mol. The van der Waals surface area contributed by atoms with Crippen LogP contribution in [0.5, 0.6) is 5.75 Å². The Morgan fingerprint density at radius 1 is 1.33 bits per heavy atom. The summed E-state index contributed by atoms with van der Waals surface area (Å²) >= 11 is 3.60. The maximum absolute atomic E-state index is 5.87. The van der Waals surface area contributed by atoms with E-state index in [-0.39, 0.29) is 0 Å². The second-order valence-corrected chi connectivity index (χ2v) is 6.10. The van der Waals surface area contributed by atoms with Crippen molar-refractivity contribution >= 4 is 15.9 Å². The molecule has 1 heterocycles. The lowest BCUT2D eigenvalue weighted by Crippen LogP contribution is -2.38. The van der Waals surface area contributed by atoms with Crippen molar-refractivity contribution in [3.8, 4) is 5.75 Å². The molecule has 0 spiro atoms. The van der Waals surface area contributed by atoms with Gasteiger partial charge in [-0.3, -0.25) is 4.90 Å². The quantitative estimate of drug-likeness (QED) is 0.726. The molecule has 1 aliphatic heterocycles. The van der Waals surface area contributed by atoms with Crippen LogP contribution >= 0.6 is 15.9 Å². The van der Waals surface area contributed by atoms with Gasteiger partial charge in [0.25, 0.3) is 0 Å². The van der Waals surface area contributed by atoms with Crippen LogP contribution in [-0.4, -0.2) is 50.9 Å². The van der Waals surface area contributed by atoms with E-state index in [4.69, 9.17) is 9.47 Å². The number of halogens is 1. The predicted molar refractivity (Wildman–Crippen MR) is 88.9 cm³/mol. The number of hydrogen-bond donors (Lipinski definition) is 1. The molecule has 5 heteroatoms. The molecule has 0 bridgehead atoms. The summed E-state index contributed by atoms with van der Waals surface area (Å²) in [6, 6.07) is 6.30. The molecule has 0 unspecified atom stereocenters. The summed E-state index contributed by atoms with van der Waals surface area (Å²) < 4.78 is 12.2. The largest absolute Gasteiger partial charge is 0.491 e. The summed E-state index contributed by atoms with van der Waals surface area (Å²) in [6.45, 7) is 9.48. The SMILES string of the molecule is CCCNCc1ccc(OCCN2CCOCC2)c(Br)c1. The van der Waals surface area contributed by atoms with Gasteiger partial charge in [-0.25, -0.2) is 0 Å².